The highest BCUT2D eigenvalue weighted by Crippen LogP contribution is 2.16. The molecule has 2 atom stereocenters. The Bertz CT molecular complexity index is 341. The summed E-state index contributed by atoms with van der Waals surface area (Å²) in [6.07, 6.45) is 0. The highest BCUT2D eigenvalue weighted by Gasteiger charge is 2.10. The van der Waals surface area contributed by atoms with Crippen LogP contribution in [0.5, 0.6) is 0 Å². The van der Waals surface area contributed by atoms with Crippen LogP contribution in [-0.4, -0.2) is 17.8 Å². The van der Waals surface area contributed by atoms with Crippen LogP contribution in [0.25, 0.3) is 0 Å². The zero-order valence-corrected chi connectivity index (χ0v) is 10.9. The van der Waals surface area contributed by atoms with Gasteiger partial charge in [0.15, 0.2) is 0 Å². The van der Waals surface area contributed by atoms with E-state index >= 15 is 0 Å². The van der Waals surface area contributed by atoms with Crippen LogP contribution in [0.3, 0.4) is 0 Å². The third-order valence-electron chi connectivity index (χ3n) is 3.01. The predicted octanol–water partition coefficient (Wildman–Crippen LogP) is 2.75. The number of benzene rings is 1. The van der Waals surface area contributed by atoms with Crippen molar-refractivity contribution in [3.05, 3.63) is 34.3 Å². The molecule has 0 radical (unpaired) electrons. The van der Waals surface area contributed by atoms with Crippen LogP contribution in [-0.2, 0) is 6.54 Å². The van der Waals surface area contributed by atoms with Crippen molar-refractivity contribution < 1.29 is 5.11 Å². The van der Waals surface area contributed by atoms with Crippen LogP contribution in [0.4, 0.5) is 0 Å². The summed E-state index contributed by atoms with van der Waals surface area (Å²) in [6, 6.07) is 6.38. The van der Waals surface area contributed by atoms with Gasteiger partial charge in [-0.15, -0.1) is 0 Å². The molecule has 90 valence electrons. The van der Waals surface area contributed by atoms with Gasteiger partial charge in [0.1, 0.15) is 0 Å². The minimum atomic E-state index is 0.211. The molecule has 0 aliphatic rings. The lowest BCUT2D eigenvalue weighted by molar-refractivity contribution is 0.207. The summed E-state index contributed by atoms with van der Waals surface area (Å²) in [5.41, 5.74) is 2.27. The molecule has 0 aliphatic carbocycles. The SMILES string of the molecule is Cc1ccc(CNC(C)C(C)CO)cc1Cl. The highest BCUT2D eigenvalue weighted by molar-refractivity contribution is 6.31. The van der Waals surface area contributed by atoms with Crippen molar-refractivity contribution in [2.24, 2.45) is 5.92 Å². The molecule has 0 saturated heterocycles. The number of hydrogen-bond acceptors (Lipinski definition) is 2. The largest absolute Gasteiger partial charge is 0.396 e. The van der Waals surface area contributed by atoms with Crippen LogP contribution < -0.4 is 5.32 Å². The van der Waals surface area contributed by atoms with Gasteiger partial charge in [0.05, 0.1) is 0 Å². The smallest absolute Gasteiger partial charge is 0.0471 e. The number of aliphatic hydroxyl groups excluding tert-OH is 1. The Hall–Kier alpha value is -0.570. The Kier molecular flexibility index (Phi) is 5.26. The van der Waals surface area contributed by atoms with E-state index in [-0.39, 0.29) is 12.5 Å². The van der Waals surface area contributed by atoms with Gasteiger partial charge in [-0.05, 0) is 37.0 Å². The van der Waals surface area contributed by atoms with Crippen LogP contribution in [0.15, 0.2) is 18.2 Å². The van der Waals surface area contributed by atoms with Crippen LogP contribution in [0.1, 0.15) is 25.0 Å². The van der Waals surface area contributed by atoms with Crippen molar-refractivity contribution in [1.82, 2.24) is 5.32 Å². The van der Waals surface area contributed by atoms with E-state index < -0.39 is 0 Å². The maximum atomic E-state index is 9.02. The Morgan fingerprint density at radius 1 is 1.38 bits per heavy atom. The van der Waals surface area contributed by atoms with Crippen molar-refractivity contribution >= 4 is 11.6 Å². The summed E-state index contributed by atoms with van der Waals surface area (Å²) in [7, 11) is 0. The Balaban J connectivity index is 2.51. The van der Waals surface area contributed by atoms with E-state index in [1.54, 1.807) is 0 Å². The fourth-order valence-electron chi connectivity index (χ4n) is 1.38. The minimum Gasteiger partial charge on any atom is -0.396 e. The second kappa shape index (κ2) is 6.24. The molecule has 1 rings (SSSR count). The van der Waals surface area contributed by atoms with Gasteiger partial charge in [0.2, 0.25) is 0 Å². The highest BCUT2D eigenvalue weighted by atomic mass is 35.5. The molecule has 0 saturated carbocycles. The second-order valence-corrected chi connectivity index (χ2v) is 4.82. The normalized spacial score (nSPS) is 14.8. The third-order valence-corrected chi connectivity index (χ3v) is 3.41. The summed E-state index contributed by atoms with van der Waals surface area (Å²) in [6.45, 7) is 7.10. The van der Waals surface area contributed by atoms with Gasteiger partial charge in [-0.25, -0.2) is 0 Å². The van der Waals surface area contributed by atoms with E-state index in [4.69, 9.17) is 16.7 Å². The van der Waals surface area contributed by atoms with Crippen molar-refractivity contribution in [3.8, 4) is 0 Å². The lowest BCUT2D eigenvalue weighted by Crippen LogP contribution is -2.33. The first kappa shape index (κ1) is 13.5. The van der Waals surface area contributed by atoms with Crippen molar-refractivity contribution in [2.75, 3.05) is 6.61 Å². The first-order valence-electron chi connectivity index (χ1n) is 5.64. The summed E-state index contributed by atoms with van der Waals surface area (Å²) in [5, 5.41) is 13.2. The molecule has 2 unspecified atom stereocenters. The van der Waals surface area contributed by atoms with Crippen LogP contribution in [0.2, 0.25) is 5.02 Å². The first-order chi connectivity index (χ1) is 7.54. The van der Waals surface area contributed by atoms with Crippen molar-refractivity contribution in [2.45, 2.75) is 33.4 Å². The molecule has 1 aromatic rings. The molecule has 0 fully saturated rings. The molecule has 2 N–H and O–H groups in total. The lowest BCUT2D eigenvalue weighted by atomic mass is 10.0. The third kappa shape index (κ3) is 3.78. The van der Waals surface area contributed by atoms with Crippen molar-refractivity contribution in [3.63, 3.8) is 0 Å². The van der Waals surface area contributed by atoms with E-state index in [0.29, 0.717) is 6.04 Å². The zero-order valence-electron chi connectivity index (χ0n) is 10.1. The molecule has 3 heteroatoms. The second-order valence-electron chi connectivity index (χ2n) is 4.41. The summed E-state index contributed by atoms with van der Waals surface area (Å²) >= 11 is 6.05. The van der Waals surface area contributed by atoms with Gasteiger partial charge in [-0.3, -0.25) is 0 Å². The van der Waals surface area contributed by atoms with Crippen molar-refractivity contribution in [1.29, 1.82) is 0 Å². The Morgan fingerprint density at radius 2 is 2.06 bits per heavy atom. The summed E-state index contributed by atoms with van der Waals surface area (Å²) in [5.74, 6) is 0.265. The molecular weight excluding hydrogens is 222 g/mol. The van der Waals surface area contributed by atoms with Crippen LogP contribution >= 0.6 is 11.6 Å². The maximum Gasteiger partial charge on any atom is 0.0471 e. The van der Waals surface area contributed by atoms with E-state index in [0.717, 1.165) is 17.1 Å². The standard InChI is InChI=1S/C13H20ClNO/c1-9-4-5-12(6-13(9)14)7-15-11(3)10(2)8-16/h4-6,10-11,15-16H,7-8H2,1-3H3. The van der Waals surface area contributed by atoms with Gasteiger partial charge < -0.3 is 10.4 Å². The number of halogens is 1. The van der Waals surface area contributed by atoms with Gasteiger partial charge in [0.25, 0.3) is 0 Å². The van der Waals surface area contributed by atoms with Gasteiger partial charge in [-0.2, -0.15) is 0 Å². The lowest BCUT2D eigenvalue weighted by Gasteiger charge is -2.19. The molecule has 1 aromatic carbocycles. The maximum absolute atomic E-state index is 9.02. The molecule has 0 heterocycles. The number of rotatable bonds is 5. The Labute approximate surface area is 103 Å². The first-order valence-corrected chi connectivity index (χ1v) is 6.01. The topological polar surface area (TPSA) is 32.3 Å². The molecule has 0 aromatic heterocycles. The molecule has 0 spiro atoms. The summed E-state index contributed by atoms with van der Waals surface area (Å²) < 4.78 is 0. The van der Waals surface area contributed by atoms with Crippen LogP contribution in [0, 0.1) is 12.8 Å². The fraction of sp³-hybridized carbons (Fsp3) is 0.538. The van der Waals surface area contributed by atoms with E-state index in [1.807, 2.05) is 26.0 Å². The average molecular weight is 242 g/mol. The molecule has 16 heavy (non-hydrogen) atoms. The molecular formula is C13H20ClNO. The van der Waals surface area contributed by atoms with E-state index in [1.165, 1.54) is 5.56 Å². The zero-order chi connectivity index (χ0) is 12.1. The predicted molar refractivity (Wildman–Crippen MR) is 68.7 cm³/mol. The quantitative estimate of drug-likeness (QED) is 0.831. The number of hydrogen-bond donors (Lipinski definition) is 2. The number of aryl methyl sites for hydroxylation is 1. The summed E-state index contributed by atoms with van der Waals surface area (Å²) in [4.78, 5) is 0. The fourth-order valence-corrected chi connectivity index (χ4v) is 1.59. The van der Waals surface area contributed by atoms with Gasteiger partial charge >= 0.3 is 0 Å². The van der Waals surface area contributed by atoms with E-state index in [9.17, 15) is 0 Å². The van der Waals surface area contributed by atoms with E-state index in [2.05, 4.69) is 18.3 Å². The number of nitrogens with one attached hydrogen (secondary N) is 1. The van der Waals surface area contributed by atoms with Gasteiger partial charge in [0, 0.05) is 24.2 Å². The molecule has 2 nitrogen and oxygen atoms in total. The molecule has 0 aliphatic heterocycles. The number of aliphatic hydroxyl groups is 1. The monoisotopic (exact) mass is 241 g/mol. The average Bonchev–Trinajstić information content (AvgIpc) is 2.29. The van der Waals surface area contributed by atoms with Gasteiger partial charge in [-0.1, -0.05) is 30.7 Å². The Morgan fingerprint density at radius 3 is 2.62 bits per heavy atom. The molecule has 0 amide bonds. The molecule has 0 bridgehead atoms. The minimum absolute atomic E-state index is 0.211.